The van der Waals surface area contributed by atoms with E-state index < -0.39 is 42.1 Å². The van der Waals surface area contributed by atoms with E-state index in [2.05, 4.69) is 4.98 Å². The first kappa shape index (κ1) is 20.6. The van der Waals surface area contributed by atoms with Crippen LogP contribution in [-0.4, -0.2) is 53.5 Å². The van der Waals surface area contributed by atoms with Gasteiger partial charge in [-0.15, -0.1) is 0 Å². The number of aromatic nitrogens is 2. The summed E-state index contributed by atoms with van der Waals surface area (Å²) in [6, 6.07) is 0. The second-order valence-electron chi connectivity index (χ2n) is 6.14. The zero-order chi connectivity index (χ0) is 20.0. The molecule has 1 aromatic heterocycles. The van der Waals surface area contributed by atoms with Gasteiger partial charge in [-0.25, -0.2) is 14.4 Å². The molecule has 0 aromatic carbocycles. The molecular weight excluding hydrogens is 360 g/mol. The molecule has 0 spiro atoms. The van der Waals surface area contributed by atoms with Crippen molar-refractivity contribution in [2.45, 2.75) is 39.2 Å². The maximum atomic E-state index is 11.8. The van der Waals surface area contributed by atoms with Crippen molar-refractivity contribution in [3.8, 4) is 0 Å². The molecule has 27 heavy (non-hydrogen) atoms. The summed E-state index contributed by atoms with van der Waals surface area (Å²) in [7, 11) is 0. The average molecular weight is 382 g/mol. The quantitative estimate of drug-likeness (QED) is 0.484. The first-order valence-corrected chi connectivity index (χ1v) is 8.35. The van der Waals surface area contributed by atoms with Crippen LogP contribution in [0.2, 0.25) is 0 Å². The molecule has 0 aliphatic carbocycles. The fourth-order valence-electron chi connectivity index (χ4n) is 2.25. The molecule has 1 N–H and O–H groups in total. The van der Waals surface area contributed by atoms with Crippen LogP contribution in [0.15, 0.2) is 27.9 Å². The highest BCUT2D eigenvalue weighted by atomic mass is 16.6. The third-order valence-electron chi connectivity index (χ3n) is 3.44. The Morgan fingerprint density at radius 3 is 2.63 bits per heavy atom. The third-order valence-corrected chi connectivity index (χ3v) is 3.44. The monoisotopic (exact) mass is 382 g/mol. The first-order valence-electron chi connectivity index (χ1n) is 8.35. The minimum absolute atomic E-state index is 0.0806. The van der Waals surface area contributed by atoms with Crippen LogP contribution in [0.3, 0.4) is 0 Å². The van der Waals surface area contributed by atoms with E-state index >= 15 is 0 Å². The van der Waals surface area contributed by atoms with Gasteiger partial charge in [0, 0.05) is 11.8 Å². The topological polar surface area (TPSA) is 126 Å². The Kier molecular flexibility index (Phi) is 7.08. The standard InChI is InChI=1S/C17H22N2O8/c1-10(2)26-15(21)9-24-8-14(20)25-7-12-4-5-13(27-12)19-6-11(3)16(22)18-17(19)23/h4-6,10,12-13H,7-9H2,1-3H3,(H,18,22,23). The highest BCUT2D eigenvalue weighted by molar-refractivity contribution is 5.73. The van der Waals surface area contributed by atoms with Crippen molar-refractivity contribution in [2.24, 2.45) is 0 Å². The number of aryl methyl sites for hydroxylation is 1. The van der Waals surface area contributed by atoms with Crippen LogP contribution < -0.4 is 11.2 Å². The van der Waals surface area contributed by atoms with E-state index in [0.717, 1.165) is 0 Å². The van der Waals surface area contributed by atoms with E-state index in [0.29, 0.717) is 5.56 Å². The number of aromatic amines is 1. The second-order valence-corrected chi connectivity index (χ2v) is 6.14. The van der Waals surface area contributed by atoms with E-state index in [-0.39, 0.29) is 19.3 Å². The van der Waals surface area contributed by atoms with Crippen LogP contribution >= 0.6 is 0 Å². The number of nitrogens with zero attached hydrogens (tertiary/aromatic N) is 1. The maximum absolute atomic E-state index is 11.8. The zero-order valence-corrected chi connectivity index (χ0v) is 15.3. The number of esters is 2. The number of rotatable bonds is 8. The summed E-state index contributed by atoms with van der Waals surface area (Å²) >= 11 is 0. The Hall–Kier alpha value is -2.72. The molecular formula is C17H22N2O8. The average Bonchev–Trinajstić information content (AvgIpc) is 3.04. The van der Waals surface area contributed by atoms with E-state index in [1.54, 1.807) is 32.9 Å². The molecule has 0 amide bonds. The summed E-state index contributed by atoms with van der Waals surface area (Å²) in [6.07, 6.45) is 3.14. The van der Waals surface area contributed by atoms with Gasteiger partial charge in [-0.1, -0.05) is 6.08 Å². The Morgan fingerprint density at radius 2 is 1.93 bits per heavy atom. The lowest BCUT2D eigenvalue weighted by atomic mass is 10.3. The number of H-pyrrole nitrogens is 1. The van der Waals surface area contributed by atoms with Crippen molar-refractivity contribution in [2.75, 3.05) is 19.8 Å². The van der Waals surface area contributed by atoms with E-state index in [4.69, 9.17) is 18.9 Å². The van der Waals surface area contributed by atoms with Gasteiger partial charge in [-0.05, 0) is 26.8 Å². The number of hydrogen-bond donors (Lipinski definition) is 1. The molecule has 10 nitrogen and oxygen atoms in total. The van der Waals surface area contributed by atoms with Gasteiger partial charge in [0.15, 0.2) is 6.23 Å². The number of nitrogens with one attached hydrogen (secondary N) is 1. The van der Waals surface area contributed by atoms with E-state index in [1.165, 1.54) is 10.8 Å². The van der Waals surface area contributed by atoms with E-state index in [9.17, 15) is 19.2 Å². The van der Waals surface area contributed by atoms with Gasteiger partial charge in [-0.2, -0.15) is 0 Å². The second kappa shape index (κ2) is 9.28. The Morgan fingerprint density at radius 1 is 1.22 bits per heavy atom. The summed E-state index contributed by atoms with van der Waals surface area (Å²) in [5, 5.41) is 0. The Balaban J connectivity index is 1.74. The molecule has 0 fully saturated rings. The molecule has 1 aliphatic rings. The molecule has 10 heteroatoms. The molecule has 0 radical (unpaired) electrons. The predicted molar refractivity (Wildman–Crippen MR) is 92.1 cm³/mol. The minimum atomic E-state index is -0.709. The maximum Gasteiger partial charge on any atom is 0.332 e. The summed E-state index contributed by atoms with van der Waals surface area (Å²) < 4.78 is 21.6. The van der Waals surface area contributed by atoms with Crippen molar-refractivity contribution in [1.29, 1.82) is 0 Å². The number of ether oxygens (including phenoxy) is 4. The van der Waals surface area contributed by atoms with Crippen LogP contribution in [0.1, 0.15) is 25.6 Å². The van der Waals surface area contributed by atoms with Crippen LogP contribution in [0, 0.1) is 6.92 Å². The summed E-state index contributed by atoms with van der Waals surface area (Å²) in [6.45, 7) is 4.16. The van der Waals surface area contributed by atoms with Gasteiger partial charge >= 0.3 is 17.6 Å². The van der Waals surface area contributed by atoms with Gasteiger partial charge in [0.05, 0.1) is 6.10 Å². The van der Waals surface area contributed by atoms with Crippen molar-refractivity contribution in [3.05, 3.63) is 44.8 Å². The van der Waals surface area contributed by atoms with Gasteiger partial charge < -0.3 is 18.9 Å². The molecule has 0 saturated heterocycles. The summed E-state index contributed by atoms with van der Waals surface area (Å²) in [5.74, 6) is -1.23. The number of carbonyl (C=O) groups is 2. The molecule has 148 valence electrons. The normalized spacial score (nSPS) is 18.7. The van der Waals surface area contributed by atoms with Gasteiger partial charge in [0.2, 0.25) is 0 Å². The van der Waals surface area contributed by atoms with Crippen molar-refractivity contribution in [1.82, 2.24) is 9.55 Å². The van der Waals surface area contributed by atoms with Crippen LogP contribution in [-0.2, 0) is 28.5 Å². The largest absolute Gasteiger partial charge is 0.461 e. The summed E-state index contributed by atoms with van der Waals surface area (Å²) in [4.78, 5) is 48.3. The lowest BCUT2D eigenvalue weighted by Gasteiger charge is -2.16. The van der Waals surface area contributed by atoms with Gasteiger partial charge in [0.1, 0.15) is 25.9 Å². The fraction of sp³-hybridized carbons (Fsp3) is 0.529. The lowest BCUT2D eigenvalue weighted by Crippen LogP contribution is -2.33. The molecule has 2 atom stereocenters. The molecule has 2 rings (SSSR count). The molecule has 2 unspecified atom stereocenters. The first-order chi connectivity index (χ1) is 12.8. The van der Waals surface area contributed by atoms with Crippen LogP contribution in [0.25, 0.3) is 0 Å². The Bertz CT molecular complexity index is 823. The predicted octanol–water partition coefficient (Wildman–Crippen LogP) is -0.190. The number of hydrogen-bond acceptors (Lipinski definition) is 8. The van der Waals surface area contributed by atoms with Crippen molar-refractivity contribution >= 4 is 11.9 Å². The molecule has 1 aliphatic heterocycles. The SMILES string of the molecule is Cc1cn(C2C=CC(COC(=O)COCC(=O)OC(C)C)O2)c(=O)[nH]c1=O. The lowest BCUT2D eigenvalue weighted by molar-refractivity contribution is -0.159. The molecule has 1 aromatic rings. The molecule has 0 saturated carbocycles. The van der Waals surface area contributed by atoms with Gasteiger partial charge in [0.25, 0.3) is 5.56 Å². The highest BCUT2D eigenvalue weighted by Crippen LogP contribution is 2.19. The minimum Gasteiger partial charge on any atom is -0.461 e. The van der Waals surface area contributed by atoms with Crippen LogP contribution in [0.5, 0.6) is 0 Å². The van der Waals surface area contributed by atoms with Crippen molar-refractivity contribution in [3.63, 3.8) is 0 Å². The number of carbonyl (C=O) groups excluding carboxylic acids is 2. The smallest absolute Gasteiger partial charge is 0.332 e. The molecule has 2 heterocycles. The fourth-order valence-corrected chi connectivity index (χ4v) is 2.25. The van der Waals surface area contributed by atoms with Crippen molar-refractivity contribution < 1.29 is 28.5 Å². The van der Waals surface area contributed by atoms with E-state index in [1.807, 2.05) is 0 Å². The Labute approximate surface area is 154 Å². The molecule has 0 bridgehead atoms. The highest BCUT2D eigenvalue weighted by Gasteiger charge is 2.23. The third kappa shape index (κ3) is 6.19. The summed E-state index contributed by atoms with van der Waals surface area (Å²) in [5.41, 5.74) is -0.685. The zero-order valence-electron chi connectivity index (χ0n) is 15.3. The van der Waals surface area contributed by atoms with Crippen LogP contribution in [0.4, 0.5) is 0 Å². The van der Waals surface area contributed by atoms with Gasteiger partial charge in [-0.3, -0.25) is 14.3 Å².